The summed E-state index contributed by atoms with van der Waals surface area (Å²) in [4.78, 5) is 31.2. The average molecular weight is 524 g/mol. The fourth-order valence-corrected chi connectivity index (χ4v) is 5.16. The number of nitrogens with zero attached hydrogens (tertiary/aromatic N) is 5. The maximum atomic E-state index is 12.0. The van der Waals surface area contributed by atoms with Crippen LogP contribution in [0, 0.1) is 6.92 Å². The molecule has 1 saturated heterocycles. The summed E-state index contributed by atoms with van der Waals surface area (Å²) in [5, 5.41) is 7.82. The lowest BCUT2D eigenvalue weighted by Crippen LogP contribution is -2.42. The second kappa shape index (κ2) is 12.8. The minimum atomic E-state index is -0.225. The van der Waals surface area contributed by atoms with Gasteiger partial charge in [-0.05, 0) is 65.4 Å². The Bertz CT molecular complexity index is 1180. The number of likely N-dealkylation sites (tertiary alicyclic amines) is 1. The molecule has 3 aromatic rings. The van der Waals surface area contributed by atoms with Gasteiger partial charge in [0.15, 0.2) is 5.13 Å². The van der Waals surface area contributed by atoms with E-state index in [4.69, 9.17) is 14.7 Å². The Kier molecular flexibility index (Phi) is 9.29. The molecule has 0 saturated carbocycles. The van der Waals surface area contributed by atoms with Crippen LogP contribution in [0.4, 0.5) is 15.9 Å². The second-order valence-electron chi connectivity index (χ2n) is 9.49. The molecule has 0 spiro atoms. The standard InChI is InChI=1S/C27H37N7O2S/c1-5-36-27(35)34-15-11-20(12-16-34)30-26-29-18-24(37-26)23-17-22(21-10-7-6-9-19(21)2)31-25(32-23)28-13-8-14-33(3)4/h6-7,9-10,17-18,20H,5,8,11-16H2,1-4H3,(H,29,30)(H,28,31,32). The number of nitrogens with one attached hydrogen (secondary N) is 2. The summed E-state index contributed by atoms with van der Waals surface area (Å²) in [5.41, 5.74) is 4.02. The van der Waals surface area contributed by atoms with Crippen LogP contribution < -0.4 is 10.6 Å². The zero-order valence-corrected chi connectivity index (χ0v) is 23.0. The number of anilines is 2. The van der Waals surface area contributed by atoms with Crippen molar-refractivity contribution >= 4 is 28.5 Å². The summed E-state index contributed by atoms with van der Waals surface area (Å²) in [6.07, 6.45) is 4.38. The highest BCUT2D eigenvalue weighted by molar-refractivity contribution is 7.18. The number of thiazole rings is 1. The summed E-state index contributed by atoms with van der Waals surface area (Å²) in [7, 11) is 4.15. The van der Waals surface area contributed by atoms with Gasteiger partial charge < -0.3 is 25.2 Å². The SMILES string of the molecule is CCOC(=O)N1CCC(Nc2ncc(-c3cc(-c4ccccc4C)nc(NCCCN(C)C)n3)s2)CC1. The number of hydrogen-bond donors (Lipinski definition) is 2. The molecule has 0 unspecified atom stereocenters. The molecule has 3 heterocycles. The molecule has 1 aliphatic rings. The first-order valence-corrected chi connectivity index (χ1v) is 13.7. The van der Waals surface area contributed by atoms with Crippen molar-refractivity contribution < 1.29 is 9.53 Å². The van der Waals surface area contributed by atoms with E-state index in [1.165, 1.54) is 5.56 Å². The molecule has 10 heteroatoms. The zero-order valence-electron chi connectivity index (χ0n) is 22.2. The van der Waals surface area contributed by atoms with Gasteiger partial charge in [0.1, 0.15) is 0 Å². The first-order valence-electron chi connectivity index (χ1n) is 12.9. The van der Waals surface area contributed by atoms with Crippen molar-refractivity contribution in [1.82, 2.24) is 24.8 Å². The van der Waals surface area contributed by atoms with Crippen LogP contribution in [0.3, 0.4) is 0 Å². The van der Waals surface area contributed by atoms with Crippen LogP contribution in [0.25, 0.3) is 21.8 Å². The van der Waals surface area contributed by atoms with Crippen molar-refractivity contribution in [2.24, 2.45) is 0 Å². The topological polar surface area (TPSA) is 95.5 Å². The van der Waals surface area contributed by atoms with E-state index in [0.29, 0.717) is 25.6 Å². The maximum Gasteiger partial charge on any atom is 0.409 e. The molecule has 1 aliphatic heterocycles. The molecule has 0 radical (unpaired) electrons. The molecule has 1 fully saturated rings. The smallest absolute Gasteiger partial charge is 0.409 e. The van der Waals surface area contributed by atoms with E-state index in [-0.39, 0.29) is 12.1 Å². The highest BCUT2D eigenvalue weighted by Crippen LogP contribution is 2.32. The van der Waals surface area contributed by atoms with Gasteiger partial charge in [-0.25, -0.2) is 19.7 Å². The molecular formula is C27H37N7O2S. The summed E-state index contributed by atoms with van der Waals surface area (Å²) < 4.78 is 5.12. The number of benzene rings is 1. The summed E-state index contributed by atoms with van der Waals surface area (Å²) in [5.74, 6) is 0.628. The molecule has 198 valence electrons. The van der Waals surface area contributed by atoms with Gasteiger partial charge in [0.05, 0.1) is 22.9 Å². The average Bonchev–Trinajstić information content (AvgIpc) is 3.36. The summed E-state index contributed by atoms with van der Waals surface area (Å²) >= 11 is 1.59. The number of aromatic nitrogens is 3. The third-order valence-electron chi connectivity index (χ3n) is 6.32. The number of piperidine rings is 1. The number of aryl methyl sites for hydroxylation is 1. The second-order valence-corrected chi connectivity index (χ2v) is 10.5. The Labute approximate surface area is 223 Å². The highest BCUT2D eigenvalue weighted by Gasteiger charge is 2.24. The van der Waals surface area contributed by atoms with E-state index in [1.54, 1.807) is 16.2 Å². The van der Waals surface area contributed by atoms with Crippen LogP contribution in [0.2, 0.25) is 0 Å². The molecule has 0 bridgehead atoms. The van der Waals surface area contributed by atoms with Gasteiger partial charge >= 0.3 is 6.09 Å². The predicted molar refractivity (Wildman–Crippen MR) is 150 cm³/mol. The number of carbonyl (C=O) groups is 1. The Balaban J connectivity index is 1.48. The Hall–Kier alpha value is -3.24. The van der Waals surface area contributed by atoms with E-state index in [1.807, 2.05) is 31.3 Å². The quantitative estimate of drug-likeness (QED) is 0.360. The lowest BCUT2D eigenvalue weighted by Gasteiger charge is -2.31. The van der Waals surface area contributed by atoms with E-state index >= 15 is 0 Å². The molecule has 9 nitrogen and oxygen atoms in total. The van der Waals surface area contributed by atoms with E-state index in [0.717, 1.165) is 59.3 Å². The van der Waals surface area contributed by atoms with Crippen LogP contribution in [0.5, 0.6) is 0 Å². The van der Waals surface area contributed by atoms with Crippen molar-refractivity contribution in [3.63, 3.8) is 0 Å². The molecule has 0 atom stereocenters. The van der Waals surface area contributed by atoms with E-state index in [9.17, 15) is 4.79 Å². The zero-order chi connectivity index (χ0) is 26.2. The number of hydrogen-bond acceptors (Lipinski definition) is 9. The minimum Gasteiger partial charge on any atom is -0.450 e. The fraction of sp³-hybridized carbons (Fsp3) is 0.481. The van der Waals surface area contributed by atoms with Gasteiger partial charge in [0.2, 0.25) is 5.95 Å². The Morgan fingerprint density at radius 3 is 2.68 bits per heavy atom. The first-order chi connectivity index (χ1) is 17.9. The molecule has 37 heavy (non-hydrogen) atoms. The third-order valence-corrected chi connectivity index (χ3v) is 7.27. The van der Waals surface area contributed by atoms with Crippen molar-refractivity contribution in [3.8, 4) is 21.8 Å². The predicted octanol–water partition coefficient (Wildman–Crippen LogP) is 4.97. The first kappa shape index (κ1) is 26.8. The van der Waals surface area contributed by atoms with Crippen LogP contribution in [0.15, 0.2) is 36.5 Å². The van der Waals surface area contributed by atoms with Crippen LogP contribution in [-0.4, -0.2) is 83.8 Å². The minimum absolute atomic E-state index is 0.225. The van der Waals surface area contributed by atoms with Crippen LogP contribution in [0.1, 0.15) is 31.7 Å². The highest BCUT2D eigenvalue weighted by atomic mass is 32.1. The monoisotopic (exact) mass is 523 g/mol. The number of carbonyl (C=O) groups excluding carboxylic acids is 1. The van der Waals surface area contributed by atoms with Gasteiger partial charge in [-0.3, -0.25) is 0 Å². The van der Waals surface area contributed by atoms with Gasteiger partial charge in [0, 0.05) is 37.4 Å². The number of ether oxygens (including phenoxy) is 1. The van der Waals surface area contributed by atoms with Gasteiger partial charge in [-0.15, -0.1) is 0 Å². The molecule has 1 aromatic carbocycles. The van der Waals surface area contributed by atoms with Crippen molar-refractivity contribution in [2.75, 3.05) is 57.5 Å². The van der Waals surface area contributed by atoms with Gasteiger partial charge in [-0.1, -0.05) is 35.6 Å². The molecular weight excluding hydrogens is 486 g/mol. The molecule has 0 aliphatic carbocycles. The van der Waals surface area contributed by atoms with Crippen LogP contribution >= 0.6 is 11.3 Å². The third kappa shape index (κ3) is 7.39. The summed E-state index contributed by atoms with van der Waals surface area (Å²) in [6.45, 7) is 7.50. The summed E-state index contributed by atoms with van der Waals surface area (Å²) in [6, 6.07) is 10.6. The number of rotatable bonds is 10. The largest absolute Gasteiger partial charge is 0.450 e. The molecule has 4 rings (SSSR count). The fourth-order valence-electron chi connectivity index (χ4n) is 4.30. The van der Waals surface area contributed by atoms with E-state index < -0.39 is 0 Å². The van der Waals surface area contributed by atoms with Crippen molar-refractivity contribution in [3.05, 3.63) is 42.1 Å². The Morgan fingerprint density at radius 1 is 1.19 bits per heavy atom. The van der Waals surface area contributed by atoms with E-state index in [2.05, 4.69) is 53.7 Å². The lowest BCUT2D eigenvalue weighted by molar-refractivity contribution is 0.0983. The Morgan fingerprint density at radius 2 is 1.95 bits per heavy atom. The number of amides is 1. The van der Waals surface area contributed by atoms with Crippen molar-refractivity contribution in [1.29, 1.82) is 0 Å². The van der Waals surface area contributed by atoms with Crippen molar-refractivity contribution in [2.45, 2.75) is 39.2 Å². The lowest BCUT2D eigenvalue weighted by atomic mass is 10.1. The molecule has 1 amide bonds. The van der Waals surface area contributed by atoms with Gasteiger partial charge in [-0.2, -0.15) is 0 Å². The maximum absolute atomic E-state index is 12.0. The normalized spacial score (nSPS) is 14.1. The molecule has 2 N–H and O–H groups in total. The van der Waals surface area contributed by atoms with Crippen LogP contribution in [-0.2, 0) is 4.74 Å². The molecule has 2 aromatic heterocycles. The van der Waals surface area contributed by atoms with Gasteiger partial charge in [0.25, 0.3) is 0 Å².